The van der Waals surface area contributed by atoms with Crippen molar-refractivity contribution in [2.45, 2.75) is 19.3 Å². The Morgan fingerprint density at radius 1 is 0.677 bits per heavy atom. The molecule has 0 aliphatic carbocycles. The van der Waals surface area contributed by atoms with E-state index in [0.29, 0.717) is 5.82 Å². The van der Waals surface area contributed by atoms with E-state index in [1.165, 1.54) is 31.4 Å². The highest BCUT2D eigenvalue weighted by Crippen LogP contribution is 2.29. The van der Waals surface area contributed by atoms with Crippen molar-refractivity contribution in [3.63, 3.8) is 0 Å². The number of aromatic nitrogens is 3. The first-order valence-electron chi connectivity index (χ1n) is 10.7. The molecule has 0 saturated carbocycles. The van der Waals surface area contributed by atoms with Crippen LogP contribution in [0.25, 0.3) is 33.8 Å². The van der Waals surface area contributed by atoms with E-state index < -0.39 is 0 Å². The van der Waals surface area contributed by atoms with Gasteiger partial charge in [-0.3, -0.25) is 4.98 Å². The van der Waals surface area contributed by atoms with Crippen LogP contribution in [0.3, 0.4) is 0 Å². The third kappa shape index (κ3) is 4.31. The molecule has 1 aliphatic rings. The van der Waals surface area contributed by atoms with Gasteiger partial charge < -0.3 is 4.90 Å². The minimum atomic E-state index is -0.248. The number of hydrogen-bond acceptors (Lipinski definition) is 4. The van der Waals surface area contributed by atoms with Crippen molar-refractivity contribution in [1.29, 1.82) is 0 Å². The molecule has 0 N–H and O–H groups in total. The average molecular weight is 410 g/mol. The topological polar surface area (TPSA) is 41.9 Å². The highest BCUT2D eigenvalue weighted by Gasteiger charge is 2.16. The molecule has 0 atom stereocenters. The molecule has 5 heteroatoms. The Hall–Kier alpha value is -3.60. The fourth-order valence-corrected chi connectivity index (χ4v) is 3.96. The second-order valence-electron chi connectivity index (χ2n) is 7.82. The van der Waals surface area contributed by atoms with Gasteiger partial charge in [-0.2, -0.15) is 0 Å². The maximum atomic E-state index is 13.3. The average Bonchev–Trinajstić information content (AvgIpc) is 2.85. The van der Waals surface area contributed by atoms with E-state index in [2.05, 4.69) is 22.0 Å². The first kappa shape index (κ1) is 19.4. The minimum Gasteiger partial charge on any atom is -0.356 e. The van der Waals surface area contributed by atoms with Gasteiger partial charge in [0.2, 0.25) is 0 Å². The molecule has 0 spiro atoms. The number of halogens is 1. The summed E-state index contributed by atoms with van der Waals surface area (Å²) in [4.78, 5) is 16.6. The van der Waals surface area contributed by atoms with Crippen LogP contribution < -0.4 is 4.90 Å². The van der Waals surface area contributed by atoms with E-state index >= 15 is 0 Å². The molecule has 2 aromatic heterocycles. The highest BCUT2D eigenvalue weighted by molar-refractivity contribution is 5.73. The molecule has 0 amide bonds. The van der Waals surface area contributed by atoms with Crippen LogP contribution in [0.5, 0.6) is 0 Å². The molecule has 4 aromatic rings. The van der Waals surface area contributed by atoms with E-state index in [9.17, 15) is 4.39 Å². The summed E-state index contributed by atoms with van der Waals surface area (Å²) < 4.78 is 13.3. The molecule has 0 unspecified atom stereocenters. The van der Waals surface area contributed by atoms with Gasteiger partial charge in [0.15, 0.2) is 5.82 Å². The lowest BCUT2D eigenvalue weighted by molar-refractivity contribution is 0.573. The quantitative estimate of drug-likeness (QED) is 0.414. The van der Waals surface area contributed by atoms with Gasteiger partial charge in [0, 0.05) is 48.2 Å². The van der Waals surface area contributed by atoms with E-state index in [0.717, 1.165) is 46.9 Å². The van der Waals surface area contributed by atoms with Gasteiger partial charge in [-0.15, -0.1) is 0 Å². The van der Waals surface area contributed by atoms with Crippen molar-refractivity contribution in [3.05, 3.63) is 84.9 Å². The molecule has 0 radical (unpaired) electrons. The highest BCUT2D eigenvalue weighted by atomic mass is 19.1. The molecule has 1 saturated heterocycles. The normalized spacial score (nSPS) is 13.9. The van der Waals surface area contributed by atoms with Crippen LogP contribution in [0.4, 0.5) is 10.2 Å². The Morgan fingerprint density at radius 3 is 2.19 bits per heavy atom. The lowest BCUT2D eigenvalue weighted by atomic mass is 10.0. The van der Waals surface area contributed by atoms with Crippen LogP contribution in [-0.4, -0.2) is 28.0 Å². The van der Waals surface area contributed by atoms with Crippen molar-refractivity contribution in [2.75, 3.05) is 18.0 Å². The van der Waals surface area contributed by atoms with Crippen molar-refractivity contribution in [2.24, 2.45) is 0 Å². The number of rotatable bonds is 4. The largest absolute Gasteiger partial charge is 0.356 e. The SMILES string of the molecule is Fc1ccc(-c2cncc(-c3cc(N4CCCCC4)nc(-c4ccccc4)n3)c2)cc1. The number of nitrogens with zero attached hydrogens (tertiary/aromatic N) is 4. The molecule has 3 heterocycles. The summed E-state index contributed by atoms with van der Waals surface area (Å²) in [5.74, 6) is 1.42. The smallest absolute Gasteiger partial charge is 0.162 e. The Bertz CT molecular complexity index is 1170. The van der Waals surface area contributed by atoms with Crippen LogP contribution in [0.2, 0.25) is 0 Å². The zero-order chi connectivity index (χ0) is 21.0. The second-order valence-corrected chi connectivity index (χ2v) is 7.82. The number of benzene rings is 2. The van der Waals surface area contributed by atoms with Gasteiger partial charge in [-0.05, 0) is 43.0 Å². The predicted molar refractivity (Wildman–Crippen MR) is 122 cm³/mol. The van der Waals surface area contributed by atoms with Crippen molar-refractivity contribution in [3.8, 4) is 33.8 Å². The predicted octanol–water partition coefficient (Wildman–Crippen LogP) is 6.00. The maximum absolute atomic E-state index is 13.3. The fraction of sp³-hybridized carbons (Fsp3) is 0.192. The molecule has 31 heavy (non-hydrogen) atoms. The van der Waals surface area contributed by atoms with E-state index in [1.54, 1.807) is 18.3 Å². The van der Waals surface area contributed by atoms with Gasteiger partial charge in [0.25, 0.3) is 0 Å². The monoisotopic (exact) mass is 410 g/mol. The third-order valence-electron chi connectivity index (χ3n) is 5.64. The first-order valence-corrected chi connectivity index (χ1v) is 10.7. The number of piperidine rings is 1. The van der Waals surface area contributed by atoms with Crippen molar-refractivity contribution in [1.82, 2.24) is 15.0 Å². The fourth-order valence-electron chi connectivity index (χ4n) is 3.96. The van der Waals surface area contributed by atoms with Crippen LogP contribution in [0, 0.1) is 5.82 Å². The second kappa shape index (κ2) is 8.64. The Balaban J connectivity index is 1.59. The van der Waals surface area contributed by atoms with E-state index in [1.807, 2.05) is 36.5 Å². The summed E-state index contributed by atoms with van der Waals surface area (Å²) >= 11 is 0. The number of hydrogen-bond donors (Lipinski definition) is 0. The summed E-state index contributed by atoms with van der Waals surface area (Å²) in [5.41, 5.74) is 4.59. The molecule has 2 aromatic carbocycles. The zero-order valence-electron chi connectivity index (χ0n) is 17.2. The number of anilines is 1. The van der Waals surface area contributed by atoms with Crippen molar-refractivity contribution >= 4 is 5.82 Å². The lowest BCUT2D eigenvalue weighted by Crippen LogP contribution is -2.30. The maximum Gasteiger partial charge on any atom is 0.162 e. The van der Waals surface area contributed by atoms with Crippen LogP contribution in [0.1, 0.15) is 19.3 Å². The first-order chi connectivity index (χ1) is 15.3. The molecular weight excluding hydrogens is 387 g/mol. The Morgan fingerprint density at radius 2 is 1.42 bits per heavy atom. The minimum absolute atomic E-state index is 0.248. The molecule has 4 nitrogen and oxygen atoms in total. The van der Waals surface area contributed by atoms with Gasteiger partial charge in [-0.1, -0.05) is 42.5 Å². The van der Waals surface area contributed by atoms with Gasteiger partial charge in [0.1, 0.15) is 11.6 Å². The number of pyridine rings is 1. The van der Waals surface area contributed by atoms with Crippen molar-refractivity contribution < 1.29 is 4.39 Å². The van der Waals surface area contributed by atoms with E-state index in [-0.39, 0.29) is 5.82 Å². The van der Waals surface area contributed by atoms with Crippen LogP contribution in [0.15, 0.2) is 79.1 Å². The van der Waals surface area contributed by atoms with Gasteiger partial charge in [-0.25, -0.2) is 14.4 Å². The molecule has 5 rings (SSSR count). The van der Waals surface area contributed by atoms with E-state index in [4.69, 9.17) is 9.97 Å². The zero-order valence-corrected chi connectivity index (χ0v) is 17.2. The third-order valence-corrected chi connectivity index (χ3v) is 5.64. The van der Waals surface area contributed by atoms with Gasteiger partial charge >= 0.3 is 0 Å². The molecular formula is C26H23FN4. The summed E-state index contributed by atoms with van der Waals surface area (Å²) in [6, 6.07) is 20.7. The van der Waals surface area contributed by atoms with Crippen LogP contribution in [-0.2, 0) is 0 Å². The summed E-state index contributed by atoms with van der Waals surface area (Å²) in [7, 11) is 0. The Labute approximate surface area is 181 Å². The van der Waals surface area contributed by atoms with Crippen LogP contribution >= 0.6 is 0 Å². The summed E-state index contributed by atoms with van der Waals surface area (Å²) in [6.45, 7) is 2.02. The van der Waals surface area contributed by atoms with Gasteiger partial charge in [0.05, 0.1) is 5.69 Å². The standard InChI is InChI=1S/C26H23FN4/c27-23-11-9-19(10-12-23)21-15-22(18-28-17-21)24-16-25(31-13-5-2-6-14-31)30-26(29-24)20-7-3-1-4-8-20/h1,3-4,7-12,15-18H,2,5-6,13-14H2. The molecule has 0 bridgehead atoms. The molecule has 1 fully saturated rings. The Kier molecular flexibility index (Phi) is 5.40. The molecule has 1 aliphatic heterocycles. The lowest BCUT2D eigenvalue weighted by Gasteiger charge is -2.28. The summed E-state index contributed by atoms with van der Waals surface area (Å²) in [6.07, 6.45) is 7.25. The molecule has 154 valence electrons. The summed E-state index contributed by atoms with van der Waals surface area (Å²) in [5, 5.41) is 0.